The Bertz CT molecular complexity index is 494. The minimum Gasteiger partial charge on any atom is -0.493 e. The monoisotopic (exact) mass is 294 g/mol. The molecule has 0 aliphatic rings. The topological polar surface area (TPSA) is 54.0 Å². The SMILES string of the molecule is CCOc1cc(OCC)c(OCC)cc1C=CC(=O)OC. The Kier molecular flexibility index (Phi) is 7.15. The molecule has 0 atom stereocenters. The van der Waals surface area contributed by atoms with E-state index in [2.05, 4.69) is 4.74 Å². The van der Waals surface area contributed by atoms with Gasteiger partial charge in [-0.05, 0) is 32.9 Å². The Labute approximate surface area is 125 Å². The molecule has 0 bridgehead atoms. The fourth-order valence-electron chi connectivity index (χ4n) is 1.73. The van der Waals surface area contributed by atoms with E-state index in [0.29, 0.717) is 37.1 Å². The summed E-state index contributed by atoms with van der Waals surface area (Å²) >= 11 is 0. The highest BCUT2D eigenvalue weighted by molar-refractivity contribution is 5.87. The molecule has 1 aromatic rings. The maximum atomic E-state index is 11.2. The van der Waals surface area contributed by atoms with E-state index in [9.17, 15) is 4.79 Å². The summed E-state index contributed by atoms with van der Waals surface area (Å²) in [6.07, 6.45) is 2.98. The van der Waals surface area contributed by atoms with Crippen molar-refractivity contribution in [3.05, 3.63) is 23.8 Å². The maximum Gasteiger partial charge on any atom is 0.330 e. The minimum absolute atomic E-state index is 0.427. The molecule has 1 rings (SSSR count). The zero-order valence-corrected chi connectivity index (χ0v) is 13.0. The van der Waals surface area contributed by atoms with Crippen LogP contribution < -0.4 is 14.2 Å². The van der Waals surface area contributed by atoms with E-state index in [1.54, 1.807) is 18.2 Å². The summed E-state index contributed by atoms with van der Waals surface area (Å²) in [7, 11) is 1.33. The molecule has 0 amide bonds. The van der Waals surface area contributed by atoms with Crippen LogP contribution in [0.25, 0.3) is 6.08 Å². The summed E-state index contributed by atoms with van der Waals surface area (Å²) in [6.45, 7) is 7.26. The molecule has 0 aliphatic carbocycles. The molecule has 0 unspecified atom stereocenters. The van der Waals surface area contributed by atoms with Crippen molar-refractivity contribution >= 4 is 12.0 Å². The van der Waals surface area contributed by atoms with Gasteiger partial charge in [-0.25, -0.2) is 4.79 Å². The van der Waals surface area contributed by atoms with Gasteiger partial charge < -0.3 is 18.9 Å². The smallest absolute Gasteiger partial charge is 0.330 e. The van der Waals surface area contributed by atoms with Gasteiger partial charge in [0.15, 0.2) is 11.5 Å². The van der Waals surface area contributed by atoms with Crippen LogP contribution in [0.3, 0.4) is 0 Å². The van der Waals surface area contributed by atoms with Gasteiger partial charge in [0.05, 0.1) is 26.9 Å². The van der Waals surface area contributed by atoms with Gasteiger partial charge in [0.1, 0.15) is 5.75 Å². The molecular formula is C16H22O5. The number of hydrogen-bond acceptors (Lipinski definition) is 5. The number of methoxy groups -OCH3 is 1. The molecule has 21 heavy (non-hydrogen) atoms. The van der Waals surface area contributed by atoms with Crippen molar-refractivity contribution in [2.24, 2.45) is 0 Å². The average Bonchev–Trinajstić information content (AvgIpc) is 2.48. The molecule has 0 radical (unpaired) electrons. The first-order chi connectivity index (χ1) is 10.2. The third kappa shape index (κ3) is 5.02. The largest absolute Gasteiger partial charge is 0.493 e. The number of rotatable bonds is 8. The number of carbonyl (C=O) groups is 1. The molecule has 5 heteroatoms. The second kappa shape index (κ2) is 8.89. The van der Waals surface area contributed by atoms with Gasteiger partial charge in [0.25, 0.3) is 0 Å². The summed E-state index contributed by atoms with van der Waals surface area (Å²) < 4.78 is 21.3. The van der Waals surface area contributed by atoms with Crippen molar-refractivity contribution in [2.45, 2.75) is 20.8 Å². The molecule has 0 aromatic heterocycles. The molecule has 1 aromatic carbocycles. The molecule has 0 N–H and O–H groups in total. The lowest BCUT2D eigenvalue weighted by atomic mass is 10.1. The average molecular weight is 294 g/mol. The Balaban J connectivity index is 3.21. The van der Waals surface area contributed by atoms with Crippen LogP contribution in [0.2, 0.25) is 0 Å². The van der Waals surface area contributed by atoms with E-state index in [4.69, 9.17) is 14.2 Å². The van der Waals surface area contributed by atoms with Gasteiger partial charge >= 0.3 is 5.97 Å². The molecule has 0 spiro atoms. The van der Waals surface area contributed by atoms with Crippen LogP contribution in [-0.4, -0.2) is 32.9 Å². The first kappa shape index (κ1) is 16.9. The minimum atomic E-state index is -0.427. The highest BCUT2D eigenvalue weighted by Crippen LogP contribution is 2.36. The number of ether oxygens (including phenoxy) is 4. The summed E-state index contributed by atoms with van der Waals surface area (Å²) in [5.41, 5.74) is 0.731. The van der Waals surface area contributed by atoms with Gasteiger partial charge in [-0.15, -0.1) is 0 Å². The van der Waals surface area contributed by atoms with Crippen LogP contribution in [0.5, 0.6) is 17.2 Å². The van der Waals surface area contributed by atoms with Crippen LogP contribution >= 0.6 is 0 Å². The van der Waals surface area contributed by atoms with Crippen LogP contribution in [0.1, 0.15) is 26.3 Å². The molecule has 0 saturated heterocycles. The third-order valence-corrected chi connectivity index (χ3v) is 2.58. The Morgan fingerprint density at radius 2 is 1.48 bits per heavy atom. The van der Waals surface area contributed by atoms with Crippen molar-refractivity contribution in [1.29, 1.82) is 0 Å². The predicted octanol–water partition coefficient (Wildman–Crippen LogP) is 3.07. The van der Waals surface area contributed by atoms with Gasteiger partial charge in [0.2, 0.25) is 0 Å². The quantitative estimate of drug-likeness (QED) is 0.545. The van der Waals surface area contributed by atoms with E-state index >= 15 is 0 Å². The van der Waals surface area contributed by atoms with Gasteiger partial charge in [-0.1, -0.05) is 0 Å². The van der Waals surface area contributed by atoms with Crippen molar-refractivity contribution < 1.29 is 23.7 Å². The molecule has 0 fully saturated rings. The molecule has 0 heterocycles. The third-order valence-electron chi connectivity index (χ3n) is 2.58. The van der Waals surface area contributed by atoms with Crippen molar-refractivity contribution in [1.82, 2.24) is 0 Å². The van der Waals surface area contributed by atoms with Crippen molar-refractivity contribution in [3.8, 4) is 17.2 Å². The summed E-state index contributed by atoms with van der Waals surface area (Å²) in [5.74, 6) is 1.44. The van der Waals surface area contributed by atoms with E-state index in [1.165, 1.54) is 13.2 Å². The van der Waals surface area contributed by atoms with E-state index in [0.717, 1.165) is 5.56 Å². The van der Waals surface area contributed by atoms with Crippen LogP contribution in [-0.2, 0) is 9.53 Å². The number of hydrogen-bond donors (Lipinski definition) is 0. The Morgan fingerprint density at radius 1 is 0.952 bits per heavy atom. The first-order valence-electron chi connectivity index (χ1n) is 6.98. The lowest BCUT2D eigenvalue weighted by Gasteiger charge is -2.15. The predicted molar refractivity (Wildman–Crippen MR) is 81.0 cm³/mol. The van der Waals surface area contributed by atoms with Crippen LogP contribution in [0, 0.1) is 0 Å². The standard InChI is InChI=1S/C16H22O5/c1-5-19-13-11-15(21-7-3)14(20-6-2)10-12(13)8-9-16(17)18-4/h8-11H,5-7H2,1-4H3. The van der Waals surface area contributed by atoms with Gasteiger partial charge in [-0.2, -0.15) is 0 Å². The maximum absolute atomic E-state index is 11.2. The van der Waals surface area contributed by atoms with E-state index in [-0.39, 0.29) is 0 Å². The normalized spacial score (nSPS) is 10.5. The van der Waals surface area contributed by atoms with Crippen LogP contribution in [0.15, 0.2) is 18.2 Å². The summed E-state index contributed by atoms with van der Waals surface area (Å²) in [6, 6.07) is 3.56. The fourth-order valence-corrected chi connectivity index (χ4v) is 1.73. The number of benzene rings is 1. The lowest BCUT2D eigenvalue weighted by Crippen LogP contribution is -2.02. The Hall–Kier alpha value is -2.17. The van der Waals surface area contributed by atoms with Crippen LogP contribution in [0.4, 0.5) is 0 Å². The lowest BCUT2D eigenvalue weighted by molar-refractivity contribution is -0.134. The molecule has 0 saturated carbocycles. The molecule has 5 nitrogen and oxygen atoms in total. The molecular weight excluding hydrogens is 272 g/mol. The van der Waals surface area contributed by atoms with Gasteiger partial charge in [0, 0.05) is 17.7 Å². The first-order valence-corrected chi connectivity index (χ1v) is 6.98. The summed E-state index contributed by atoms with van der Waals surface area (Å²) in [5, 5.41) is 0. The summed E-state index contributed by atoms with van der Waals surface area (Å²) in [4.78, 5) is 11.2. The zero-order valence-electron chi connectivity index (χ0n) is 13.0. The Morgan fingerprint density at radius 3 is 2.00 bits per heavy atom. The number of carbonyl (C=O) groups excluding carboxylic acids is 1. The van der Waals surface area contributed by atoms with Gasteiger partial charge in [-0.3, -0.25) is 0 Å². The molecule has 116 valence electrons. The number of esters is 1. The molecule has 0 aliphatic heterocycles. The second-order valence-corrected chi connectivity index (χ2v) is 3.99. The fraction of sp³-hybridized carbons (Fsp3) is 0.438. The highest BCUT2D eigenvalue weighted by Gasteiger charge is 2.12. The van der Waals surface area contributed by atoms with Crippen molar-refractivity contribution in [2.75, 3.05) is 26.9 Å². The second-order valence-electron chi connectivity index (χ2n) is 3.99. The van der Waals surface area contributed by atoms with E-state index in [1.807, 2.05) is 20.8 Å². The van der Waals surface area contributed by atoms with Crippen molar-refractivity contribution in [3.63, 3.8) is 0 Å². The highest BCUT2D eigenvalue weighted by atomic mass is 16.5. The van der Waals surface area contributed by atoms with E-state index < -0.39 is 5.97 Å². The zero-order chi connectivity index (χ0) is 15.7.